The van der Waals surface area contributed by atoms with E-state index in [-0.39, 0.29) is 12.1 Å². The number of hydrogen-bond donors (Lipinski definition) is 2. The second-order valence-electron chi connectivity index (χ2n) is 6.26. The van der Waals surface area contributed by atoms with Crippen LogP contribution in [0.25, 0.3) is 5.82 Å². The standard InChI is InChI=1S/C19H19F3N6O/c1-12-26-16(11-17(27-12)28-10-9-23-13(28)2)24-7-8-25-18(29)14-3-5-15(6-4-14)19(20,21)22/h3-6,9-11H,7-8H2,1-2H3,(H,25,29)(H,24,26,27). The van der Waals surface area contributed by atoms with E-state index in [9.17, 15) is 18.0 Å². The number of carbonyl (C=O) groups is 1. The van der Waals surface area contributed by atoms with Gasteiger partial charge in [0.1, 0.15) is 23.3 Å². The van der Waals surface area contributed by atoms with Gasteiger partial charge in [-0.2, -0.15) is 13.2 Å². The van der Waals surface area contributed by atoms with Crippen LogP contribution >= 0.6 is 0 Å². The van der Waals surface area contributed by atoms with E-state index in [0.717, 1.165) is 30.1 Å². The van der Waals surface area contributed by atoms with E-state index >= 15 is 0 Å². The number of rotatable bonds is 6. The molecular weight excluding hydrogens is 385 g/mol. The highest BCUT2D eigenvalue weighted by atomic mass is 19.4. The number of amides is 1. The van der Waals surface area contributed by atoms with Crippen LogP contribution in [0.5, 0.6) is 0 Å². The summed E-state index contributed by atoms with van der Waals surface area (Å²) < 4.78 is 39.6. The van der Waals surface area contributed by atoms with E-state index in [1.54, 1.807) is 25.4 Å². The third-order valence-electron chi connectivity index (χ3n) is 4.09. The summed E-state index contributed by atoms with van der Waals surface area (Å²) in [5.74, 6) is 2.17. The lowest BCUT2D eigenvalue weighted by atomic mass is 10.1. The molecule has 0 saturated carbocycles. The molecule has 0 radical (unpaired) electrons. The lowest BCUT2D eigenvalue weighted by Gasteiger charge is -2.11. The van der Waals surface area contributed by atoms with Crippen molar-refractivity contribution in [3.05, 3.63) is 65.5 Å². The summed E-state index contributed by atoms with van der Waals surface area (Å²) in [7, 11) is 0. The Bertz CT molecular complexity index is 998. The largest absolute Gasteiger partial charge is 0.416 e. The molecule has 2 aromatic heterocycles. The van der Waals surface area contributed by atoms with Crippen molar-refractivity contribution < 1.29 is 18.0 Å². The van der Waals surface area contributed by atoms with E-state index in [2.05, 4.69) is 25.6 Å². The molecular formula is C19H19F3N6O. The second-order valence-corrected chi connectivity index (χ2v) is 6.26. The predicted molar refractivity (Wildman–Crippen MR) is 101 cm³/mol. The Balaban J connectivity index is 1.55. The molecule has 2 N–H and O–H groups in total. The van der Waals surface area contributed by atoms with Gasteiger partial charge in [0.2, 0.25) is 0 Å². The number of imidazole rings is 1. The lowest BCUT2D eigenvalue weighted by Crippen LogP contribution is -2.29. The Morgan fingerprint density at radius 1 is 1.10 bits per heavy atom. The number of nitrogens with zero attached hydrogens (tertiary/aromatic N) is 4. The van der Waals surface area contributed by atoms with Crippen LogP contribution in [-0.4, -0.2) is 38.5 Å². The SMILES string of the molecule is Cc1nc(NCCNC(=O)c2ccc(C(F)(F)F)cc2)cc(-n2ccnc2C)n1. The topological polar surface area (TPSA) is 84.7 Å². The monoisotopic (exact) mass is 404 g/mol. The molecule has 0 aliphatic carbocycles. The Morgan fingerprint density at radius 2 is 1.83 bits per heavy atom. The molecule has 10 heteroatoms. The quantitative estimate of drug-likeness (QED) is 0.617. The van der Waals surface area contributed by atoms with Gasteiger partial charge in [0.25, 0.3) is 5.91 Å². The minimum atomic E-state index is -4.43. The smallest absolute Gasteiger partial charge is 0.368 e. The van der Waals surface area contributed by atoms with Gasteiger partial charge in [-0.15, -0.1) is 0 Å². The van der Waals surface area contributed by atoms with Crippen molar-refractivity contribution in [2.45, 2.75) is 20.0 Å². The predicted octanol–water partition coefficient (Wildman–Crippen LogP) is 3.14. The maximum atomic E-state index is 12.6. The summed E-state index contributed by atoms with van der Waals surface area (Å²) in [4.78, 5) is 24.9. The molecule has 0 atom stereocenters. The molecule has 0 spiro atoms. The molecule has 0 saturated heterocycles. The minimum Gasteiger partial charge on any atom is -0.368 e. The highest BCUT2D eigenvalue weighted by molar-refractivity contribution is 5.94. The molecule has 1 aromatic carbocycles. The van der Waals surface area contributed by atoms with Crippen molar-refractivity contribution >= 4 is 11.7 Å². The third kappa shape index (κ3) is 5.09. The van der Waals surface area contributed by atoms with Crippen molar-refractivity contribution in [1.82, 2.24) is 24.8 Å². The molecule has 3 rings (SSSR count). The first kappa shape index (κ1) is 20.3. The first-order chi connectivity index (χ1) is 13.7. The summed E-state index contributed by atoms with van der Waals surface area (Å²) in [6.45, 7) is 4.28. The second kappa shape index (κ2) is 8.29. The van der Waals surface area contributed by atoms with Gasteiger partial charge < -0.3 is 10.6 Å². The molecule has 2 heterocycles. The van der Waals surface area contributed by atoms with Crippen molar-refractivity contribution in [2.24, 2.45) is 0 Å². The summed E-state index contributed by atoms with van der Waals surface area (Å²) in [5.41, 5.74) is -0.632. The number of benzene rings is 1. The number of nitrogens with one attached hydrogen (secondary N) is 2. The highest BCUT2D eigenvalue weighted by Gasteiger charge is 2.30. The van der Waals surface area contributed by atoms with Gasteiger partial charge in [-0.1, -0.05) is 0 Å². The fourth-order valence-corrected chi connectivity index (χ4v) is 2.67. The normalized spacial score (nSPS) is 11.3. The summed E-state index contributed by atoms with van der Waals surface area (Å²) >= 11 is 0. The number of aromatic nitrogens is 4. The van der Waals surface area contributed by atoms with Crippen LogP contribution in [0.3, 0.4) is 0 Å². The number of alkyl halides is 3. The van der Waals surface area contributed by atoms with Gasteiger partial charge in [-0.3, -0.25) is 9.36 Å². The van der Waals surface area contributed by atoms with Gasteiger partial charge in [-0.25, -0.2) is 15.0 Å². The van der Waals surface area contributed by atoms with Gasteiger partial charge >= 0.3 is 6.18 Å². The molecule has 1 amide bonds. The van der Waals surface area contributed by atoms with Crippen LogP contribution < -0.4 is 10.6 Å². The van der Waals surface area contributed by atoms with Crippen molar-refractivity contribution in [3.63, 3.8) is 0 Å². The van der Waals surface area contributed by atoms with Crippen LogP contribution in [0, 0.1) is 13.8 Å². The van der Waals surface area contributed by atoms with Gasteiger partial charge in [0.15, 0.2) is 0 Å². The summed E-state index contributed by atoms with van der Waals surface area (Å²) in [5, 5.41) is 5.75. The van der Waals surface area contributed by atoms with Gasteiger partial charge in [-0.05, 0) is 38.1 Å². The third-order valence-corrected chi connectivity index (χ3v) is 4.09. The zero-order chi connectivity index (χ0) is 21.0. The Morgan fingerprint density at radius 3 is 2.45 bits per heavy atom. The summed E-state index contributed by atoms with van der Waals surface area (Å²) in [6, 6.07) is 5.84. The van der Waals surface area contributed by atoms with E-state index in [0.29, 0.717) is 24.0 Å². The molecule has 3 aromatic rings. The molecule has 0 fully saturated rings. The zero-order valence-electron chi connectivity index (χ0n) is 15.8. The van der Waals surface area contributed by atoms with Crippen LogP contribution in [0.2, 0.25) is 0 Å². The molecule has 0 bridgehead atoms. The van der Waals surface area contributed by atoms with Crippen molar-refractivity contribution in [1.29, 1.82) is 0 Å². The first-order valence-electron chi connectivity index (χ1n) is 8.79. The number of anilines is 1. The average Bonchev–Trinajstić information content (AvgIpc) is 3.10. The molecule has 152 valence electrons. The zero-order valence-corrected chi connectivity index (χ0v) is 15.8. The van der Waals surface area contributed by atoms with Crippen LogP contribution in [0.15, 0.2) is 42.7 Å². The first-order valence-corrected chi connectivity index (χ1v) is 8.79. The van der Waals surface area contributed by atoms with Crippen LogP contribution in [0.1, 0.15) is 27.6 Å². The van der Waals surface area contributed by atoms with E-state index in [1.165, 1.54) is 0 Å². The maximum absolute atomic E-state index is 12.6. The Kier molecular flexibility index (Phi) is 5.81. The van der Waals surface area contributed by atoms with Gasteiger partial charge in [0.05, 0.1) is 5.56 Å². The van der Waals surface area contributed by atoms with Gasteiger partial charge in [0, 0.05) is 37.1 Å². The molecule has 29 heavy (non-hydrogen) atoms. The number of hydrogen-bond acceptors (Lipinski definition) is 5. The Labute approximate surface area is 165 Å². The van der Waals surface area contributed by atoms with Crippen molar-refractivity contribution in [2.75, 3.05) is 18.4 Å². The van der Waals surface area contributed by atoms with E-state index in [4.69, 9.17) is 0 Å². The number of aryl methyl sites for hydroxylation is 2. The lowest BCUT2D eigenvalue weighted by molar-refractivity contribution is -0.137. The molecule has 0 aliphatic heterocycles. The number of halogens is 3. The minimum absolute atomic E-state index is 0.161. The summed E-state index contributed by atoms with van der Waals surface area (Å²) in [6.07, 6.45) is -0.954. The van der Waals surface area contributed by atoms with E-state index in [1.807, 2.05) is 11.5 Å². The van der Waals surface area contributed by atoms with E-state index < -0.39 is 17.6 Å². The van der Waals surface area contributed by atoms with Crippen LogP contribution in [-0.2, 0) is 6.18 Å². The molecule has 0 unspecified atom stereocenters. The fourth-order valence-electron chi connectivity index (χ4n) is 2.67. The maximum Gasteiger partial charge on any atom is 0.416 e. The number of carbonyl (C=O) groups excluding carboxylic acids is 1. The fraction of sp³-hybridized carbons (Fsp3) is 0.263. The average molecular weight is 404 g/mol. The van der Waals surface area contributed by atoms with Crippen molar-refractivity contribution in [3.8, 4) is 5.82 Å². The highest BCUT2D eigenvalue weighted by Crippen LogP contribution is 2.29. The molecule has 0 aliphatic rings. The molecule has 7 nitrogen and oxygen atoms in total. The van der Waals surface area contributed by atoms with Crippen LogP contribution in [0.4, 0.5) is 19.0 Å². The Hall–Kier alpha value is -3.43.